The summed E-state index contributed by atoms with van der Waals surface area (Å²) in [7, 11) is 0. The van der Waals surface area contributed by atoms with Gasteiger partial charge in [0, 0.05) is 6.54 Å². The molecular weight excluding hydrogens is 170 g/mol. The van der Waals surface area contributed by atoms with E-state index in [1.54, 1.807) is 11.8 Å². The van der Waals surface area contributed by atoms with E-state index in [0.29, 0.717) is 6.04 Å². The van der Waals surface area contributed by atoms with E-state index in [-0.39, 0.29) is 6.04 Å². The lowest BCUT2D eigenvalue weighted by atomic mass is 10.00. The molecule has 12 heavy (non-hydrogen) atoms. The van der Waals surface area contributed by atoms with Gasteiger partial charge in [-0.25, -0.2) is 0 Å². The largest absolute Gasteiger partial charge is 0.320 e. The molecule has 2 unspecified atom stereocenters. The molecule has 0 aromatic carbocycles. The molecule has 2 aliphatic heterocycles. The fourth-order valence-corrected chi connectivity index (χ4v) is 2.58. The van der Waals surface area contributed by atoms with Crippen LogP contribution in [-0.2, 0) is 0 Å². The Hall–Kier alpha value is -0.220. The van der Waals surface area contributed by atoms with Crippen LogP contribution in [0.1, 0.15) is 19.3 Å². The molecule has 1 fully saturated rings. The number of hydrogen-bond acceptors (Lipinski definition) is 4. The summed E-state index contributed by atoms with van der Waals surface area (Å²) in [5.74, 6) is 0. The molecule has 0 aromatic rings. The molecule has 1 saturated heterocycles. The third-order valence-electron chi connectivity index (χ3n) is 2.66. The molecule has 0 bridgehead atoms. The van der Waals surface area contributed by atoms with Crippen molar-refractivity contribution in [1.29, 1.82) is 0 Å². The highest BCUT2D eigenvalue weighted by atomic mass is 32.2. The van der Waals surface area contributed by atoms with Crippen molar-refractivity contribution in [3.63, 3.8) is 0 Å². The first-order chi connectivity index (χ1) is 5.83. The second kappa shape index (κ2) is 3.26. The van der Waals surface area contributed by atoms with Crippen LogP contribution in [0.25, 0.3) is 0 Å². The second-order valence-corrected chi connectivity index (χ2v) is 4.22. The summed E-state index contributed by atoms with van der Waals surface area (Å²) in [5, 5.41) is 7.79. The van der Waals surface area contributed by atoms with Gasteiger partial charge in [0.2, 0.25) is 0 Å². The number of hydrogen-bond donors (Lipinski definition) is 1. The third-order valence-corrected chi connectivity index (χ3v) is 3.43. The second-order valence-electron chi connectivity index (χ2n) is 3.39. The maximum atomic E-state index is 6.05. The van der Waals surface area contributed by atoms with Crippen molar-refractivity contribution in [2.75, 3.05) is 12.8 Å². The molecule has 2 aliphatic rings. The van der Waals surface area contributed by atoms with E-state index in [9.17, 15) is 0 Å². The minimum Gasteiger partial charge on any atom is -0.320 e. The average Bonchev–Trinajstić information content (AvgIpc) is 2.44. The van der Waals surface area contributed by atoms with E-state index >= 15 is 0 Å². The summed E-state index contributed by atoms with van der Waals surface area (Å²) in [6, 6.07) is 0.682. The molecule has 68 valence electrons. The van der Waals surface area contributed by atoms with E-state index < -0.39 is 0 Å². The Morgan fingerprint density at radius 3 is 3.08 bits per heavy atom. The lowest BCUT2D eigenvalue weighted by molar-refractivity contribution is 0.168. The zero-order chi connectivity index (χ0) is 8.55. The van der Waals surface area contributed by atoms with Crippen LogP contribution < -0.4 is 5.73 Å². The fourth-order valence-electron chi connectivity index (χ4n) is 1.97. The van der Waals surface area contributed by atoms with Crippen molar-refractivity contribution >= 4 is 16.8 Å². The number of rotatable bonds is 0. The fraction of sp³-hybridized carbons (Fsp3) is 0.875. The van der Waals surface area contributed by atoms with Gasteiger partial charge in [-0.05, 0) is 25.5 Å². The van der Waals surface area contributed by atoms with Crippen molar-refractivity contribution in [3.8, 4) is 0 Å². The van der Waals surface area contributed by atoms with E-state index in [1.807, 2.05) is 0 Å². The van der Waals surface area contributed by atoms with E-state index in [2.05, 4.69) is 16.4 Å². The van der Waals surface area contributed by atoms with Gasteiger partial charge in [-0.1, -0.05) is 0 Å². The molecule has 0 amide bonds. The molecule has 2 N–H and O–H groups in total. The van der Waals surface area contributed by atoms with E-state index in [4.69, 9.17) is 5.73 Å². The van der Waals surface area contributed by atoms with Gasteiger partial charge in [-0.2, -0.15) is 5.10 Å². The van der Waals surface area contributed by atoms with Crippen LogP contribution in [0.15, 0.2) is 5.10 Å². The van der Waals surface area contributed by atoms with E-state index in [1.165, 1.54) is 19.3 Å². The number of nitrogens with zero attached hydrogens (tertiary/aromatic N) is 2. The molecule has 0 aliphatic carbocycles. The zero-order valence-electron chi connectivity index (χ0n) is 7.36. The Morgan fingerprint density at radius 1 is 1.58 bits per heavy atom. The molecule has 3 nitrogen and oxygen atoms in total. The van der Waals surface area contributed by atoms with Gasteiger partial charge < -0.3 is 5.73 Å². The maximum absolute atomic E-state index is 6.05. The summed E-state index contributed by atoms with van der Waals surface area (Å²) in [6.07, 6.45) is 5.85. The number of nitrogens with two attached hydrogens (primary N) is 1. The molecule has 0 radical (unpaired) electrons. The standard InChI is InChI=1S/C8H15N3S/c1-12-8-7(9)6-4-2-3-5-11(6)10-8/h6-7H,2-5,9H2,1H3. The minimum absolute atomic E-state index is 0.181. The lowest BCUT2D eigenvalue weighted by Gasteiger charge is -2.30. The highest BCUT2D eigenvalue weighted by Gasteiger charge is 2.35. The molecule has 2 atom stereocenters. The van der Waals surface area contributed by atoms with Crippen LogP contribution in [0.4, 0.5) is 0 Å². The Morgan fingerprint density at radius 2 is 2.42 bits per heavy atom. The van der Waals surface area contributed by atoms with Crippen LogP contribution in [0.3, 0.4) is 0 Å². The summed E-state index contributed by atoms with van der Waals surface area (Å²) in [4.78, 5) is 0. The predicted molar refractivity (Wildman–Crippen MR) is 53.3 cm³/mol. The van der Waals surface area contributed by atoms with E-state index in [0.717, 1.165) is 11.6 Å². The van der Waals surface area contributed by atoms with Crippen LogP contribution in [0, 0.1) is 0 Å². The number of thioether (sulfide) groups is 1. The van der Waals surface area contributed by atoms with Crippen molar-refractivity contribution < 1.29 is 0 Å². The summed E-state index contributed by atoms with van der Waals surface area (Å²) in [6.45, 7) is 1.10. The zero-order valence-corrected chi connectivity index (χ0v) is 8.18. The summed E-state index contributed by atoms with van der Waals surface area (Å²) < 4.78 is 0. The Labute approximate surface area is 77.4 Å². The number of hydrazone groups is 1. The molecular formula is C8H15N3S. The van der Waals surface area contributed by atoms with Crippen LogP contribution in [-0.4, -0.2) is 34.9 Å². The van der Waals surface area contributed by atoms with Gasteiger partial charge in [0.1, 0.15) is 5.04 Å². The van der Waals surface area contributed by atoms with Crippen molar-refractivity contribution in [3.05, 3.63) is 0 Å². The number of fused-ring (bicyclic) bond motifs is 1. The normalized spacial score (nSPS) is 34.8. The Kier molecular flexibility index (Phi) is 2.28. The SMILES string of the molecule is CSC1=NN2CCCCC2C1N. The summed E-state index contributed by atoms with van der Waals surface area (Å²) in [5.41, 5.74) is 6.05. The monoisotopic (exact) mass is 185 g/mol. The minimum atomic E-state index is 0.181. The van der Waals surface area contributed by atoms with Crippen LogP contribution in [0.5, 0.6) is 0 Å². The van der Waals surface area contributed by atoms with Gasteiger partial charge in [0.25, 0.3) is 0 Å². The molecule has 0 saturated carbocycles. The van der Waals surface area contributed by atoms with Crippen molar-refractivity contribution in [2.24, 2.45) is 10.8 Å². The first-order valence-electron chi connectivity index (χ1n) is 4.47. The lowest BCUT2D eigenvalue weighted by Crippen LogP contribution is -2.44. The topological polar surface area (TPSA) is 41.6 Å². The van der Waals surface area contributed by atoms with Gasteiger partial charge >= 0.3 is 0 Å². The highest BCUT2D eigenvalue weighted by Crippen LogP contribution is 2.27. The van der Waals surface area contributed by atoms with Gasteiger partial charge in [0.15, 0.2) is 0 Å². The molecule has 2 heterocycles. The van der Waals surface area contributed by atoms with Crippen molar-refractivity contribution in [1.82, 2.24) is 5.01 Å². The first-order valence-corrected chi connectivity index (χ1v) is 5.70. The third kappa shape index (κ3) is 1.23. The molecule has 0 spiro atoms. The average molecular weight is 185 g/mol. The van der Waals surface area contributed by atoms with Gasteiger partial charge in [-0.3, -0.25) is 5.01 Å². The molecule has 0 aromatic heterocycles. The first kappa shape index (κ1) is 8.38. The Bertz CT molecular complexity index is 204. The van der Waals surface area contributed by atoms with Gasteiger partial charge in [-0.15, -0.1) is 11.8 Å². The van der Waals surface area contributed by atoms with Crippen molar-refractivity contribution in [2.45, 2.75) is 31.3 Å². The maximum Gasteiger partial charge on any atom is 0.112 e. The molecule has 2 rings (SSSR count). The molecule has 4 heteroatoms. The van der Waals surface area contributed by atoms with Gasteiger partial charge in [0.05, 0.1) is 12.1 Å². The summed E-state index contributed by atoms with van der Waals surface area (Å²) >= 11 is 1.69. The highest BCUT2D eigenvalue weighted by molar-refractivity contribution is 8.13. The number of piperidine rings is 1. The smallest absolute Gasteiger partial charge is 0.112 e. The quantitative estimate of drug-likeness (QED) is 0.608. The Balaban J connectivity index is 2.11. The predicted octanol–water partition coefficient (Wildman–Crippen LogP) is 0.858. The van der Waals surface area contributed by atoms with Crippen LogP contribution in [0.2, 0.25) is 0 Å². The van der Waals surface area contributed by atoms with Crippen LogP contribution >= 0.6 is 11.8 Å².